The number of ether oxygens (including phenoxy) is 1. The number of halogens is 1. The van der Waals surface area contributed by atoms with Crippen LogP contribution >= 0.6 is 0 Å². The van der Waals surface area contributed by atoms with E-state index in [0.29, 0.717) is 36.2 Å². The van der Waals surface area contributed by atoms with Crippen molar-refractivity contribution in [2.45, 2.75) is 12.8 Å². The van der Waals surface area contributed by atoms with Crippen LogP contribution < -0.4 is 10.6 Å². The molecule has 1 aliphatic rings. The van der Waals surface area contributed by atoms with Crippen LogP contribution in [0, 0.1) is 17.7 Å². The Morgan fingerprint density at radius 3 is 2.57 bits per heavy atom. The molecule has 2 unspecified atom stereocenters. The maximum atomic E-state index is 13.6. The van der Waals surface area contributed by atoms with Gasteiger partial charge in [-0.2, -0.15) is 0 Å². The van der Waals surface area contributed by atoms with Crippen molar-refractivity contribution in [2.24, 2.45) is 11.8 Å². The van der Waals surface area contributed by atoms with E-state index < -0.39 is 11.9 Å². The lowest BCUT2D eigenvalue weighted by Gasteiger charge is -2.08. The molecule has 2 amide bonds. The van der Waals surface area contributed by atoms with Crippen molar-refractivity contribution in [3.8, 4) is 0 Å². The Morgan fingerprint density at radius 1 is 1.07 bits per heavy atom. The van der Waals surface area contributed by atoms with Crippen LogP contribution in [0.5, 0.6) is 0 Å². The number of amides is 2. The first-order chi connectivity index (χ1) is 13.5. The third kappa shape index (κ3) is 4.73. The predicted molar refractivity (Wildman–Crippen MR) is 101 cm³/mol. The molecule has 146 valence electrons. The van der Waals surface area contributed by atoms with Gasteiger partial charge < -0.3 is 15.4 Å². The fourth-order valence-electron chi connectivity index (χ4n) is 3.00. The lowest BCUT2D eigenvalue weighted by atomic mass is 10.1. The first-order valence-corrected chi connectivity index (χ1v) is 9.00. The van der Waals surface area contributed by atoms with E-state index in [9.17, 15) is 18.8 Å². The number of anilines is 1. The van der Waals surface area contributed by atoms with Gasteiger partial charge in [-0.15, -0.1) is 0 Å². The Kier molecular flexibility index (Phi) is 6.03. The third-order valence-electron chi connectivity index (χ3n) is 4.67. The Labute approximate surface area is 162 Å². The van der Waals surface area contributed by atoms with Crippen LogP contribution in [0.3, 0.4) is 0 Å². The molecule has 28 heavy (non-hydrogen) atoms. The Morgan fingerprint density at radius 2 is 1.82 bits per heavy atom. The number of hydrogen-bond acceptors (Lipinski definition) is 4. The fourth-order valence-corrected chi connectivity index (χ4v) is 3.00. The molecule has 0 spiro atoms. The van der Waals surface area contributed by atoms with Gasteiger partial charge in [0.05, 0.1) is 24.5 Å². The number of carbonyl (C=O) groups is 3. The van der Waals surface area contributed by atoms with Crippen molar-refractivity contribution in [3.63, 3.8) is 0 Å². The van der Waals surface area contributed by atoms with E-state index in [2.05, 4.69) is 15.4 Å². The minimum Gasteiger partial charge on any atom is -0.465 e. The molecule has 2 atom stereocenters. The molecule has 2 aromatic carbocycles. The average Bonchev–Trinajstić information content (AvgIpc) is 3.50. The molecule has 1 fully saturated rings. The molecular weight excluding hydrogens is 363 g/mol. The number of rotatable bonds is 7. The molecule has 0 bridgehead atoms. The lowest BCUT2D eigenvalue weighted by molar-refractivity contribution is -0.125. The third-order valence-corrected chi connectivity index (χ3v) is 4.67. The Hall–Kier alpha value is -3.22. The van der Waals surface area contributed by atoms with Gasteiger partial charge in [0.15, 0.2) is 0 Å². The standard InChI is InChI=1S/C21H21FN2O4/c1-28-21(27)14-6-4-7-15(11-14)24-20(26)17-12-16(17)19(25)23-10-9-13-5-2-3-8-18(13)22/h2-8,11,16-17H,9-10,12H2,1H3,(H,23,25)(H,24,26). The van der Waals surface area contributed by atoms with Gasteiger partial charge in [0.2, 0.25) is 11.8 Å². The molecule has 7 heteroatoms. The summed E-state index contributed by atoms with van der Waals surface area (Å²) in [6.07, 6.45) is 0.858. The number of hydrogen-bond donors (Lipinski definition) is 2. The van der Waals surface area contributed by atoms with E-state index in [4.69, 9.17) is 0 Å². The second-order valence-electron chi connectivity index (χ2n) is 6.64. The van der Waals surface area contributed by atoms with Gasteiger partial charge in [-0.1, -0.05) is 24.3 Å². The summed E-state index contributed by atoms with van der Waals surface area (Å²) in [4.78, 5) is 36.1. The summed E-state index contributed by atoms with van der Waals surface area (Å²) in [5.74, 6) is -2.06. The van der Waals surface area contributed by atoms with Crippen molar-refractivity contribution in [3.05, 3.63) is 65.5 Å². The second kappa shape index (κ2) is 8.65. The predicted octanol–water partition coefficient (Wildman–Crippen LogP) is 2.55. The minimum absolute atomic E-state index is 0.209. The monoisotopic (exact) mass is 384 g/mol. The quantitative estimate of drug-likeness (QED) is 0.719. The van der Waals surface area contributed by atoms with Crippen LogP contribution in [0.15, 0.2) is 48.5 Å². The highest BCUT2D eigenvalue weighted by molar-refractivity contribution is 6.00. The molecule has 3 rings (SSSR count). The molecule has 0 aliphatic heterocycles. The van der Waals surface area contributed by atoms with E-state index in [1.165, 1.54) is 19.2 Å². The van der Waals surface area contributed by atoms with Gasteiger partial charge in [-0.05, 0) is 42.7 Å². The molecule has 1 saturated carbocycles. The summed E-state index contributed by atoms with van der Waals surface area (Å²) in [5.41, 5.74) is 1.34. The van der Waals surface area contributed by atoms with E-state index in [1.807, 2.05) is 0 Å². The van der Waals surface area contributed by atoms with E-state index in [1.54, 1.807) is 36.4 Å². The van der Waals surface area contributed by atoms with E-state index in [-0.39, 0.29) is 23.5 Å². The molecule has 0 radical (unpaired) electrons. The zero-order valence-electron chi connectivity index (χ0n) is 15.4. The van der Waals surface area contributed by atoms with Gasteiger partial charge in [0.1, 0.15) is 5.82 Å². The van der Waals surface area contributed by atoms with Crippen molar-refractivity contribution in [1.29, 1.82) is 0 Å². The Balaban J connectivity index is 1.47. The highest BCUT2D eigenvalue weighted by Crippen LogP contribution is 2.39. The number of methoxy groups -OCH3 is 1. The zero-order valence-corrected chi connectivity index (χ0v) is 15.4. The molecular formula is C21H21FN2O4. The van der Waals surface area contributed by atoms with E-state index >= 15 is 0 Å². The van der Waals surface area contributed by atoms with Crippen LogP contribution in [0.2, 0.25) is 0 Å². The Bertz CT molecular complexity index is 899. The SMILES string of the molecule is COC(=O)c1cccc(NC(=O)C2CC2C(=O)NCCc2ccccc2F)c1. The van der Waals surface area contributed by atoms with Gasteiger partial charge in [0.25, 0.3) is 0 Å². The molecule has 2 aromatic rings. The van der Waals surface area contributed by atoms with Crippen molar-refractivity contribution in [2.75, 3.05) is 19.0 Å². The topological polar surface area (TPSA) is 84.5 Å². The highest BCUT2D eigenvalue weighted by atomic mass is 19.1. The normalized spacial score (nSPS) is 17.5. The summed E-state index contributed by atoms with van der Waals surface area (Å²) >= 11 is 0. The van der Waals surface area contributed by atoms with Crippen molar-refractivity contribution in [1.82, 2.24) is 5.32 Å². The highest BCUT2D eigenvalue weighted by Gasteiger charge is 2.47. The first-order valence-electron chi connectivity index (χ1n) is 9.00. The maximum absolute atomic E-state index is 13.6. The number of nitrogens with one attached hydrogen (secondary N) is 2. The first kappa shape index (κ1) is 19.5. The lowest BCUT2D eigenvalue weighted by Crippen LogP contribution is -2.29. The summed E-state index contributed by atoms with van der Waals surface area (Å²) in [6, 6.07) is 12.8. The molecule has 0 aromatic heterocycles. The van der Waals surface area contributed by atoms with Crippen LogP contribution in [0.1, 0.15) is 22.3 Å². The molecule has 0 heterocycles. The second-order valence-corrected chi connectivity index (χ2v) is 6.64. The largest absolute Gasteiger partial charge is 0.465 e. The summed E-state index contributed by atoms with van der Waals surface area (Å²) < 4.78 is 18.2. The van der Waals surface area contributed by atoms with Gasteiger partial charge in [-0.25, -0.2) is 9.18 Å². The maximum Gasteiger partial charge on any atom is 0.337 e. The zero-order chi connectivity index (χ0) is 20.1. The van der Waals surface area contributed by atoms with Crippen LogP contribution in [0.25, 0.3) is 0 Å². The van der Waals surface area contributed by atoms with Crippen LogP contribution in [0.4, 0.5) is 10.1 Å². The van der Waals surface area contributed by atoms with Crippen LogP contribution in [-0.4, -0.2) is 31.4 Å². The van der Waals surface area contributed by atoms with Crippen molar-refractivity contribution >= 4 is 23.5 Å². The number of carbonyl (C=O) groups excluding carboxylic acids is 3. The van der Waals surface area contributed by atoms with Crippen molar-refractivity contribution < 1.29 is 23.5 Å². The van der Waals surface area contributed by atoms with Gasteiger partial charge in [0, 0.05) is 12.2 Å². The molecule has 2 N–H and O–H groups in total. The van der Waals surface area contributed by atoms with E-state index in [0.717, 1.165) is 0 Å². The molecule has 0 saturated heterocycles. The fraction of sp³-hybridized carbons (Fsp3) is 0.286. The summed E-state index contributed by atoms with van der Waals surface area (Å²) in [5, 5.41) is 5.48. The number of benzene rings is 2. The molecule has 1 aliphatic carbocycles. The molecule has 6 nitrogen and oxygen atoms in total. The summed E-state index contributed by atoms with van der Waals surface area (Å²) in [7, 11) is 1.28. The van der Waals surface area contributed by atoms with Crippen LogP contribution in [-0.2, 0) is 20.7 Å². The average molecular weight is 384 g/mol. The van der Waals surface area contributed by atoms with Gasteiger partial charge >= 0.3 is 5.97 Å². The van der Waals surface area contributed by atoms with Gasteiger partial charge in [-0.3, -0.25) is 9.59 Å². The number of esters is 1. The smallest absolute Gasteiger partial charge is 0.337 e. The summed E-state index contributed by atoms with van der Waals surface area (Å²) in [6.45, 7) is 0.311. The minimum atomic E-state index is -0.491.